The second-order valence-electron chi connectivity index (χ2n) is 9.04. The van der Waals surface area contributed by atoms with Gasteiger partial charge in [0, 0.05) is 28.2 Å². The van der Waals surface area contributed by atoms with Gasteiger partial charge in [0.05, 0.1) is 6.61 Å². The van der Waals surface area contributed by atoms with E-state index in [1.807, 2.05) is 6.92 Å². The van der Waals surface area contributed by atoms with Crippen molar-refractivity contribution in [1.29, 1.82) is 0 Å². The van der Waals surface area contributed by atoms with Gasteiger partial charge in [-0.1, -0.05) is 43.0 Å². The molecule has 4 rings (SSSR count). The monoisotopic (exact) mass is 536 g/mol. The Morgan fingerprint density at radius 3 is 2.21 bits per heavy atom. The fraction of sp³-hybridized carbons (Fsp3) is 0.379. The van der Waals surface area contributed by atoms with Gasteiger partial charge in [0.15, 0.2) is 5.89 Å². The fourth-order valence-electron chi connectivity index (χ4n) is 4.08. The van der Waals surface area contributed by atoms with E-state index < -0.39 is 5.54 Å². The average molecular weight is 537 g/mol. The zero-order valence-electron chi connectivity index (χ0n) is 21.8. The molecule has 2 aromatic carbocycles. The molecular weight excluding hydrogens is 504 g/mol. The Balaban J connectivity index is 0.00000127. The van der Waals surface area contributed by atoms with Gasteiger partial charge in [0.25, 0.3) is 0 Å². The van der Waals surface area contributed by atoms with E-state index in [1.54, 1.807) is 24.9 Å². The molecule has 1 amide bonds. The molecule has 1 N–H and O–H groups in total. The van der Waals surface area contributed by atoms with Crippen LogP contribution in [0.1, 0.15) is 63.8 Å². The van der Waals surface area contributed by atoms with E-state index in [0.29, 0.717) is 25.2 Å². The molecule has 0 bridgehead atoms. The first-order valence-corrected chi connectivity index (χ1v) is 13.4. The van der Waals surface area contributed by atoms with Gasteiger partial charge in [0.2, 0.25) is 5.91 Å². The summed E-state index contributed by atoms with van der Waals surface area (Å²) in [5.74, 6) is 0.761. The van der Waals surface area contributed by atoms with Crippen molar-refractivity contribution in [2.24, 2.45) is 0 Å². The number of nitrogens with zero attached hydrogens (tertiary/aromatic N) is 1. The summed E-state index contributed by atoms with van der Waals surface area (Å²) in [6, 6.07) is 16.7. The standard InChI is InChI=1S/C28H32N2O4S.CO2/c1-4-28(30-19(3)31,27(32)33-5-2)17-16-20-6-12-23(13-7-20)35-24-14-10-21(11-15-24)25-18-34-26(29-25)22-8-9-22;2-1-3/h6-7,10-15,18,22H,4-5,8-9,16-17H2,1-3H3,(H,30,31);. The van der Waals surface area contributed by atoms with Crippen molar-refractivity contribution in [3.63, 3.8) is 0 Å². The van der Waals surface area contributed by atoms with E-state index in [4.69, 9.17) is 18.7 Å². The highest BCUT2D eigenvalue weighted by molar-refractivity contribution is 7.99. The van der Waals surface area contributed by atoms with Crippen LogP contribution in [0.3, 0.4) is 0 Å². The zero-order valence-corrected chi connectivity index (χ0v) is 22.6. The maximum atomic E-state index is 12.6. The Hall–Kier alpha value is -3.68. The number of hydrogen-bond donors (Lipinski definition) is 1. The molecule has 8 nitrogen and oxygen atoms in total. The van der Waals surface area contributed by atoms with Crippen molar-refractivity contribution >= 4 is 29.8 Å². The van der Waals surface area contributed by atoms with E-state index in [1.165, 1.54) is 19.8 Å². The Labute approximate surface area is 226 Å². The largest absolute Gasteiger partial charge is 0.464 e. The number of carbonyl (C=O) groups excluding carboxylic acids is 4. The van der Waals surface area contributed by atoms with Crippen LogP contribution in [-0.2, 0) is 30.3 Å². The second-order valence-corrected chi connectivity index (χ2v) is 10.2. The summed E-state index contributed by atoms with van der Waals surface area (Å²) < 4.78 is 10.9. The Morgan fingerprint density at radius 2 is 1.68 bits per heavy atom. The third-order valence-corrected chi connectivity index (χ3v) is 7.30. The Morgan fingerprint density at radius 1 is 1.08 bits per heavy atom. The molecule has 1 atom stereocenters. The van der Waals surface area contributed by atoms with E-state index in [-0.39, 0.29) is 24.6 Å². The molecule has 0 saturated heterocycles. The summed E-state index contributed by atoms with van der Waals surface area (Å²) >= 11 is 1.69. The highest BCUT2D eigenvalue weighted by atomic mass is 32.2. The van der Waals surface area contributed by atoms with Crippen LogP contribution in [-0.4, -0.2) is 35.2 Å². The number of esters is 1. The second kappa shape index (κ2) is 13.7. The number of aryl methyl sites for hydroxylation is 1. The number of carbonyl (C=O) groups is 2. The van der Waals surface area contributed by atoms with Crippen molar-refractivity contribution in [3.8, 4) is 11.3 Å². The van der Waals surface area contributed by atoms with Gasteiger partial charge >= 0.3 is 12.1 Å². The SMILES string of the molecule is CCOC(=O)C(CC)(CCc1ccc(Sc2ccc(-c3coc(C4CC4)n3)cc2)cc1)NC(C)=O.O=C=O. The van der Waals surface area contributed by atoms with Crippen molar-refractivity contribution in [2.75, 3.05) is 6.61 Å². The number of amides is 1. The maximum absolute atomic E-state index is 12.6. The van der Waals surface area contributed by atoms with E-state index in [9.17, 15) is 9.59 Å². The molecule has 38 heavy (non-hydrogen) atoms. The predicted octanol–water partition coefficient (Wildman–Crippen LogP) is 5.57. The Bertz CT molecular complexity index is 1240. The first-order valence-electron chi connectivity index (χ1n) is 12.6. The van der Waals surface area contributed by atoms with E-state index in [2.05, 4.69) is 58.8 Å². The van der Waals surface area contributed by atoms with Crippen LogP contribution in [0.5, 0.6) is 0 Å². The number of hydrogen-bond acceptors (Lipinski definition) is 8. The molecule has 9 heteroatoms. The van der Waals surface area contributed by atoms with Crippen molar-refractivity contribution in [3.05, 3.63) is 66.2 Å². The lowest BCUT2D eigenvalue weighted by molar-refractivity contribution is -0.191. The summed E-state index contributed by atoms with van der Waals surface area (Å²) in [7, 11) is 0. The first kappa shape index (κ1) is 28.9. The highest BCUT2D eigenvalue weighted by Crippen LogP contribution is 2.40. The lowest BCUT2D eigenvalue weighted by Gasteiger charge is -2.31. The molecule has 1 aliphatic carbocycles. The number of aromatic nitrogens is 1. The summed E-state index contributed by atoms with van der Waals surface area (Å²) in [6.45, 7) is 5.38. The lowest BCUT2D eigenvalue weighted by atomic mass is 9.88. The number of ether oxygens (including phenoxy) is 1. The van der Waals surface area contributed by atoms with Gasteiger partial charge in [0.1, 0.15) is 17.5 Å². The van der Waals surface area contributed by atoms with Gasteiger partial charge in [-0.05, 0) is 68.9 Å². The fourth-order valence-corrected chi connectivity index (χ4v) is 4.90. The normalized spacial score (nSPS) is 13.9. The van der Waals surface area contributed by atoms with Crippen LogP contribution < -0.4 is 5.32 Å². The Kier molecular flexibility index (Phi) is 10.4. The van der Waals surface area contributed by atoms with Gasteiger partial charge in [-0.15, -0.1) is 0 Å². The van der Waals surface area contributed by atoms with Gasteiger partial charge in [-0.25, -0.2) is 9.78 Å². The van der Waals surface area contributed by atoms with Gasteiger partial charge in [-0.3, -0.25) is 4.79 Å². The van der Waals surface area contributed by atoms with E-state index >= 15 is 0 Å². The van der Waals surface area contributed by atoms with Crippen molar-refractivity contribution < 1.29 is 28.3 Å². The minimum atomic E-state index is -1.000. The molecule has 0 radical (unpaired) electrons. The highest BCUT2D eigenvalue weighted by Gasteiger charge is 2.38. The molecule has 200 valence electrons. The van der Waals surface area contributed by atoms with Crippen molar-refractivity contribution in [1.82, 2.24) is 10.3 Å². The molecule has 0 spiro atoms. The third kappa shape index (κ3) is 7.91. The number of nitrogens with one attached hydrogen (secondary N) is 1. The van der Waals surface area contributed by atoms with Gasteiger partial charge < -0.3 is 14.5 Å². The quantitative estimate of drug-likeness (QED) is 0.316. The number of benzene rings is 2. The lowest BCUT2D eigenvalue weighted by Crippen LogP contribution is -2.54. The van der Waals surface area contributed by atoms with Crippen LogP contribution >= 0.6 is 11.8 Å². The van der Waals surface area contributed by atoms with Crippen LogP contribution in [0.25, 0.3) is 11.3 Å². The number of oxazole rings is 1. The van der Waals surface area contributed by atoms with Crippen LogP contribution in [0.4, 0.5) is 0 Å². The van der Waals surface area contributed by atoms with Crippen LogP contribution in [0.2, 0.25) is 0 Å². The summed E-state index contributed by atoms with van der Waals surface area (Å²) in [5.41, 5.74) is 2.05. The maximum Gasteiger partial charge on any atom is 0.373 e. The molecule has 1 aromatic heterocycles. The molecule has 1 fully saturated rings. The minimum absolute atomic E-state index is 0.232. The molecule has 0 aliphatic heterocycles. The van der Waals surface area contributed by atoms with Crippen LogP contribution in [0.15, 0.2) is 69.0 Å². The third-order valence-electron chi connectivity index (χ3n) is 6.28. The first-order chi connectivity index (χ1) is 18.3. The summed E-state index contributed by atoms with van der Waals surface area (Å²) in [4.78, 5) is 47.5. The van der Waals surface area contributed by atoms with Gasteiger partial charge in [-0.2, -0.15) is 9.59 Å². The molecule has 1 heterocycles. The summed E-state index contributed by atoms with van der Waals surface area (Å²) in [5, 5.41) is 2.84. The van der Waals surface area contributed by atoms with Crippen LogP contribution in [0, 0.1) is 0 Å². The van der Waals surface area contributed by atoms with E-state index in [0.717, 1.165) is 32.5 Å². The van der Waals surface area contributed by atoms with Crippen molar-refractivity contribution in [2.45, 2.75) is 74.1 Å². The smallest absolute Gasteiger partial charge is 0.373 e. The molecule has 1 saturated carbocycles. The molecule has 3 aromatic rings. The predicted molar refractivity (Wildman–Crippen MR) is 141 cm³/mol. The molecule has 1 aliphatic rings. The molecule has 1 unspecified atom stereocenters. The zero-order chi connectivity index (χ0) is 27.5. The summed E-state index contributed by atoms with van der Waals surface area (Å²) in [6.07, 6.45) is 5.97. The molecular formula is C29H32N2O6S. The topological polar surface area (TPSA) is 116 Å². The minimum Gasteiger partial charge on any atom is -0.464 e. The number of rotatable bonds is 11. The average Bonchev–Trinajstić information content (AvgIpc) is 3.64.